The Morgan fingerprint density at radius 1 is 1.50 bits per heavy atom. The number of hydrogen-bond donors (Lipinski definition) is 2. The minimum Gasteiger partial charge on any atom is -0.333 e. The molecule has 0 unspecified atom stereocenters. The first-order valence-electron chi connectivity index (χ1n) is 2.01. The standard InChI is InChI=1S/C3H4N2.CH5N.ClH/c1-2-4-5-3-1;1-2;/h1-3H,(H,4,5);2H2,1H3;1H. The summed E-state index contributed by atoms with van der Waals surface area (Å²) in [6.07, 6.45) is 3.46. The van der Waals surface area contributed by atoms with E-state index in [4.69, 9.17) is 0 Å². The zero-order valence-electron chi connectivity index (χ0n) is 4.66. The van der Waals surface area contributed by atoms with Crippen molar-refractivity contribution in [3.05, 3.63) is 18.5 Å². The molecule has 1 rings (SSSR count). The molecule has 3 N–H and O–H groups in total. The molecule has 1 aromatic heterocycles. The SMILES string of the molecule is CN.Cl.c1cn[nH]c1. The van der Waals surface area contributed by atoms with Gasteiger partial charge in [0.05, 0.1) is 0 Å². The van der Waals surface area contributed by atoms with Crippen molar-refractivity contribution < 1.29 is 0 Å². The minimum absolute atomic E-state index is 0. The third-order valence-electron chi connectivity index (χ3n) is 0.406. The molecule has 48 valence electrons. The van der Waals surface area contributed by atoms with Gasteiger partial charge in [0.1, 0.15) is 0 Å². The second-order valence-corrected chi connectivity index (χ2v) is 0.766. The van der Waals surface area contributed by atoms with Gasteiger partial charge in [0.15, 0.2) is 0 Å². The van der Waals surface area contributed by atoms with E-state index in [2.05, 4.69) is 15.9 Å². The fourth-order valence-electron chi connectivity index (χ4n) is 0.215. The van der Waals surface area contributed by atoms with Crippen molar-refractivity contribution in [3.8, 4) is 0 Å². The topological polar surface area (TPSA) is 54.7 Å². The Morgan fingerprint density at radius 2 is 2.12 bits per heavy atom. The molecule has 1 aromatic rings. The Labute approximate surface area is 54.7 Å². The molecule has 0 atom stereocenters. The van der Waals surface area contributed by atoms with Crippen molar-refractivity contribution >= 4 is 12.4 Å². The average Bonchev–Trinajstić information content (AvgIpc) is 2.23. The largest absolute Gasteiger partial charge is 0.333 e. The van der Waals surface area contributed by atoms with Gasteiger partial charge in [0.25, 0.3) is 0 Å². The molecule has 1 heterocycles. The molecule has 3 nitrogen and oxygen atoms in total. The number of rotatable bonds is 0. The lowest BCUT2D eigenvalue weighted by Crippen LogP contribution is -1.69. The van der Waals surface area contributed by atoms with Crippen molar-refractivity contribution in [2.45, 2.75) is 0 Å². The maximum absolute atomic E-state index is 4.50. The molecule has 0 aliphatic carbocycles. The van der Waals surface area contributed by atoms with Crippen molar-refractivity contribution in [2.24, 2.45) is 5.73 Å². The Morgan fingerprint density at radius 3 is 2.25 bits per heavy atom. The third-order valence-corrected chi connectivity index (χ3v) is 0.406. The molecule has 0 radical (unpaired) electrons. The first-order chi connectivity index (χ1) is 3.50. The van der Waals surface area contributed by atoms with Crippen LogP contribution in [0.1, 0.15) is 0 Å². The van der Waals surface area contributed by atoms with Gasteiger partial charge in [0, 0.05) is 12.4 Å². The lowest BCUT2D eigenvalue weighted by Gasteiger charge is -1.49. The van der Waals surface area contributed by atoms with Gasteiger partial charge in [-0.1, -0.05) is 0 Å². The van der Waals surface area contributed by atoms with Gasteiger partial charge >= 0.3 is 0 Å². The van der Waals surface area contributed by atoms with E-state index in [-0.39, 0.29) is 12.4 Å². The summed E-state index contributed by atoms with van der Waals surface area (Å²) in [4.78, 5) is 0. The Hall–Kier alpha value is -0.540. The van der Waals surface area contributed by atoms with Crippen LogP contribution in [0.25, 0.3) is 0 Å². The van der Waals surface area contributed by atoms with Crippen LogP contribution in [0.4, 0.5) is 0 Å². The van der Waals surface area contributed by atoms with Crippen LogP contribution in [-0.2, 0) is 0 Å². The summed E-state index contributed by atoms with van der Waals surface area (Å²) in [5, 5.41) is 6.21. The predicted octanol–water partition coefficient (Wildman–Crippen LogP) is 0.406. The van der Waals surface area contributed by atoms with E-state index in [1.807, 2.05) is 6.07 Å². The van der Waals surface area contributed by atoms with E-state index in [1.165, 1.54) is 7.05 Å². The number of aromatic amines is 1. The van der Waals surface area contributed by atoms with Crippen LogP contribution in [0.3, 0.4) is 0 Å². The second kappa shape index (κ2) is 9.68. The van der Waals surface area contributed by atoms with Gasteiger partial charge in [-0.05, 0) is 13.1 Å². The zero-order chi connectivity index (χ0) is 5.54. The number of halogens is 1. The molecule has 4 heteroatoms. The number of nitrogens with one attached hydrogen (secondary N) is 1. The molecular formula is C4H10ClN3. The van der Waals surface area contributed by atoms with Crippen LogP contribution in [0.2, 0.25) is 0 Å². The van der Waals surface area contributed by atoms with E-state index >= 15 is 0 Å². The molecule has 0 saturated heterocycles. The van der Waals surface area contributed by atoms with Crippen molar-refractivity contribution in [1.29, 1.82) is 0 Å². The summed E-state index contributed by atoms with van der Waals surface area (Å²) >= 11 is 0. The van der Waals surface area contributed by atoms with Gasteiger partial charge in [-0.25, -0.2) is 0 Å². The quantitative estimate of drug-likeness (QED) is 0.541. The molecule has 0 bridgehead atoms. The summed E-state index contributed by atoms with van der Waals surface area (Å²) in [5.74, 6) is 0. The molecule has 0 fully saturated rings. The lowest BCUT2D eigenvalue weighted by atomic mass is 10.8. The highest BCUT2D eigenvalue weighted by atomic mass is 35.5. The van der Waals surface area contributed by atoms with E-state index in [1.54, 1.807) is 12.4 Å². The summed E-state index contributed by atoms with van der Waals surface area (Å²) in [6, 6.07) is 1.83. The molecule has 0 aromatic carbocycles. The first-order valence-corrected chi connectivity index (χ1v) is 2.01. The molecule has 8 heavy (non-hydrogen) atoms. The van der Waals surface area contributed by atoms with Crippen LogP contribution in [0.5, 0.6) is 0 Å². The normalized spacial score (nSPS) is 5.75. The monoisotopic (exact) mass is 135 g/mol. The molecule has 0 aliphatic rings. The van der Waals surface area contributed by atoms with Crippen LogP contribution < -0.4 is 5.73 Å². The Kier molecular flexibility index (Phi) is 12.6. The minimum atomic E-state index is 0. The second-order valence-electron chi connectivity index (χ2n) is 0.766. The van der Waals surface area contributed by atoms with Gasteiger partial charge in [0.2, 0.25) is 0 Å². The van der Waals surface area contributed by atoms with Crippen molar-refractivity contribution in [3.63, 3.8) is 0 Å². The number of H-pyrrole nitrogens is 1. The fraction of sp³-hybridized carbons (Fsp3) is 0.250. The highest BCUT2D eigenvalue weighted by molar-refractivity contribution is 5.85. The first kappa shape index (κ1) is 10.4. The maximum atomic E-state index is 4.50. The van der Waals surface area contributed by atoms with E-state index in [0.717, 1.165) is 0 Å². The summed E-state index contributed by atoms with van der Waals surface area (Å²) in [5.41, 5.74) is 4.50. The summed E-state index contributed by atoms with van der Waals surface area (Å²) < 4.78 is 0. The maximum Gasteiger partial charge on any atom is 0.0487 e. The predicted molar refractivity (Wildman–Crippen MR) is 35.9 cm³/mol. The lowest BCUT2D eigenvalue weighted by molar-refractivity contribution is 1.09. The molecular weight excluding hydrogens is 126 g/mol. The molecule has 0 aliphatic heterocycles. The highest BCUT2D eigenvalue weighted by Gasteiger charge is 1.56. The van der Waals surface area contributed by atoms with Crippen LogP contribution in [-0.4, -0.2) is 17.2 Å². The summed E-state index contributed by atoms with van der Waals surface area (Å²) in [7, 11) is 1.50. The van der Waals surface area contributed by atoms with Gasteiger partial charge in [-0.3, -0.25) is 5.10 Å². The average molecular weight is 136 g/mol. The van der Waals surface area contributed by atoms with Crippen molar-refractivity contribution in [2.75, 3.05) is 7.05 Å². The van der Waals surface area contributed by atoms with Gasteiger partial charge in [-0.2, -0.15) is 5.10 Å². The van der Waals surface area contributed by atoms with Crippen LogP contribution >= 0.6 is 12.4 Å². The van der Waals surface area contributed by atoms with E-state index < -0.39 is 0 Å². The van der Waals surface area contributed by atoms with Gasteiger partial charge < -0.3 is 5.73 Å². The number of aromatic nitrogens is 2. The smallest absolute Gasteiger partial charge is 0.0487 e. The molecule has 0 spiro atoms. The number of nitrogens with two attached hydrogens (primary N) is 1. The Balaban J connectivity index is 0. The molecule has 0 amide bonds. The highest BCUT2D eigenvalue weighted by Crippen LogP contribution is 1.64. The van der Waals surface area contributed by atoms with E-state index in [0.29, 0.717) is 0 Å². The zero-order valence-corrected chi connectivity index (χ0v) is 5.48. The van der Waals surface area contributed by atoms with Crippen LogP contribution in [0, 0.1) is 0 Å². The fourth-order valence-corrected chi connectivity index (χ4v) is 0.215. The summed E-state index contributed by atoms with van der Waals surface area (Å²) in [6.45, 7) is 0. The molecule has 0 saturated carbocycles. The number of nitrogens with zero attached hydrogens (tertiary/aromatic N) is 1. The van der Waals surface area contributed by atoms with Crippen LogP contribution in [0.15, 0.2) is 18.5 Å². The number of hydrogen-bond acceptors (Lipinski definition) is 2. The Bertz CT molecular complexity index is 67.8. The van der Waals surface area contributed by atoms with Crippen molar-refractivity contribution in [1.82, 2.24) is 10.2 Å². The van der Waals surface area contributed by atoms with Gasteiger partial charge in [-0.15, -0.1) is 12.4 Å². The van der Waals surface area contributed by atoms with E-state index in [9.17, 15) is 0 Å². The third kappa shape index (κ3) is 5.46.